The molecule has 1 unspecified atom stereocenters. The molecule has 32 heavy (non-hydrogen) atoms. The summed E-state index contributed by atoms with van der Waals surface area (Å²) in [5, 5.41) is 11.3. The predicted molar refractivity (Wildman–Crippen MR) is 134 cm³/mol. The van der Waals surface area contributed by atoms with Crippen LogP contribution in [0.2, 0.25) is 0 Å². The van der Waals surface area contributed by atoms with Crippen molar-refractivity contribution < 1.29 is 14.7 Å². The van der Waals surface area contributed by atoms with Gasteiger partial charge in [-0.15, -0.1) is 0 Å². The molecule has 1 saturated heterocycles. The number of likely N-dealkylation sites (tertiary alicyclic amines) is 1. The maximum atomic E-state index is 13.2. The first kappa shape index (κ1) is 22.3. The molecule has 1 amide bonds. The third-order valence-corrected chi connectivity index (χ3v) is 6.58. The predicted octanol–water partition coefficient (Wildman–Crippen LogP) is 5.57. The van der Waals surface area contributed by atoms with Crippen LogP contribution in [0.5, 0.6) is 0 Å². The van der Waals surface area contributed by atoms with E-state index in [1.807, 2.05) is 86.6 Å². The summed E-state index contributed by atoms with van der Waals surface area (Å²) >= 11 is 2.22. The standard InChI is InChI=1S/C27H24INO3/c1-17-8-9-18(2)22(16-17)25(30)23-24(20-10-12-21(28)13-11-20)29(27(32)26(23)31)15-14-19-6-4-3-5-7-19/h3-13,16,24,30H,14-15H2,1-2H3. The van der Waals surface area contributed by atoms with Crippen molar-refractivity contribution >= 4 is 40.0 Å². The van der Waals surface area contributed by atoms with E-state index in [4.69, 9.17) is 0 Å². The molecule has 3 aromatic rings. The zero-order chi connectivity index (χ0) is 22.8. The van der Waals surface area contributed by atoms with Gasteiger partial charge in [-0.2, -0.15) is 0 Å². The summed E-state index contributed by atoms with van der Waals surface area (Å²) in [4.78, 5) is 27.9. The van der Waals surface area contributed by atoms with Crippen molar-refractivity contribution in [3.8, 4) is 0 Å². The molecule has 0 radical (unpaired) electrons. The van der Waals surface area contributed by atoms with Crippen molar-refractivity contribution in [1.82, 2.24) is 4.90 Å². The molecular weight excluding hydrogens is 513 g/mol. The number of hydrogen-bond acceptors (Lipinski definition) is 3. The van der Waals surface area contributed by atoms with Crippen molar-refractivity contribution in [3.63, 3.8) is 0 Å². The molecule has 3 aromatic carbocycles. The van der Waals surface area contributed by atoms with E-state index in [0.717, 1.165) is 25.8 Å². The maximum Gasteiger partial charge on any atom is 0.295 e. The van der Waals surface area contributed by atoms with Gasteiger partial charge in [0, 0.05) is 15.7 Å². The largest absolute Gasteiger partial charge is 0.507 e. The summed E-state index contributed by atoms with van der Waals surface area (Å²) in [7, 11) is 0. The van der Waals surface area contributed by atoms with Crippen LogP contribution in [0.3, 0.4) is 0 Å². The third-order valence-electron chi connectivity index (χ3n) is 5.86. The highest BCUT2D eigenvalue weighted by molar-refractivity contribution is 14.1. The fourth-order valence-electron chi connectivity index (χ4n) is 4.13. The molecule has 1 aliphatic rings. The molecule has 4 rings (SSSR count). The first-order chi connectivity index (χ1) is 15.4. The lowest BCUT2D eigenvalue weighted by Gasteiger charge is -2.25. The molecule has 4 nitrogen and oxygen atoms in total. The zero-order valence-electron chi connectivity index (χ0n) is 18.0. The summed E-state index contributed by atoms with van der Waals surface area (Å²) in [6, 6.07) is 22.7. The second-order valence-corrected chi connectivity index (χ2v) is 9.34. The Hall–Kier alpha value is -2.93. The normalized spacial score (nSPS) is 17.7. The van der Waals surface area contributed by atoms with Crippen LogP contribution < -0.4 is 0 Å². The van der Waals surface area contributed by atoms with Crippen LogP contribution in [0.4, 0.5) is 0 Å². The SMILES string of the molecule is Cc1ccc(C)c(C(O)=C2C(=O)C(=O)N(CCc3ccccc3)C2c2ccc(I)cc2)c1. The molecule has 1 aliphatic heterocycles. The van der Waals surface area contributed by atoms with Gasteiger partial charge in [0.15, 0.2) is 0 Å². The second kappa shape index (κ2) is 9.28. The van der Waals surface area contributed by atoms with E-state index < -0.39 is 17.7 Å². The average Bonchev–Trinajstić information content (AvgIpc) is 3.05. The van der Waals surface area contributed by atoms with Gasteiger partial charge in [0.25, 0.3) is 11.7 Å². The Morgan fingerprint density at radius 2 is 1.66 bits per heavy atom. The molecule has 1 atom stereocenters. The summed E-state index contributed by atoms with van der Waals surface area (Å²) < 4.78 is 1.06. The molecule has 5 heteroatoms. The fourth-order valence-corrected chi connectivity index (χ4v) is 4.49. The molecular formula is C27H24INO3. The number of benzene rings is 3. The summed E-state index contributed by atoms with van der Waals surface area (Å²) in [6.07, 6.45) is 0.623. The number of aryl methyl sites for hydroxylation is 2. The van der Waals surface area contributed by atoms with Crippen LogP contribution in [0, 0.1) is 17.4 Å². The van der Waals surface area contributed by atoms with Crippen LogP contribution >= 0.6 is 22.6 Å². The van der Waals surface area contributed by atoms with Crippen molar-refractivity contribution in [2.24, 2.45) is 0 Å². The van der Waals surface area contributed by atoms with Gasteiger partial charge < -0.3 is 10.0 Å². The van der Waals surface area contributed by atoms with Crippen LogP contribution in [0.1, 0.15) is 33.9 Å². The molecule has 0 aromatic heterocycles. The van der Waals surface area contributed by atoms with Crippen molar-refractivity contribution in [2.45, 2.75) is 26.3 Å². The minimum atomic E-state index is -0.639. The molecule has 162 valence electrons. The Balaban J connectivity index is 1.82. The number of amides is 1. The Kier molecular flexibility index (Phi) is 6.46. The van der Waals surface area contributed by atoms with Gasteiger partial charge in [-0.1, -0.05) is 60.2 Å². The van der Waals surface area contributed by atoms with Gasteiger partial charge in [0.05, 0.1) is 11.6 Å². The summed E-state index contributed by atoms with van der Waals surface area (Å²) in [6.45, 7) is 4.21. The van der Waals surface area contributed by atoms with E-state index in [-0.39, 0.29) is 11.3 Å². The minimum absolute atomic E-state index is 0.115. The zero-order valence-corrected chi connectivity index (χ0v) is 20.2. The topological polar surface area (TPSA) is 57.6 Å². The summed E-state index contributed by atoms with van der Waals surface area (Å²) in [5.41, 5.74) is 4.46. The van der Waals surface area contributed by atoms with Crippen molar-refractivity contribution in [2.75, 3.05) is 6.54 Å². The number of nitrogens with zero attached hydrogens (tertiary/aromatic N) is 1. The molecule has 1 N–H and O–H groups in total. The first-order valence-electron chi connectivity index (χ1n) is 10.5. The average molecular weight is 537 g/mol. The Bertz CT molecular complexity index is 1200. The molecule has 1 heterocycles. The lowest BCUT2D eigenvalue weighted by Crippen LogP contribution is -2.31. The Morgan fingerprint density at radius 3 is 2.34 bits per heavy atom. The number of halogens is 1. The number of carbonyl (C=O) groups is 2. The molecule has 0 spiro atoms. The maximum absolute atomic E-state index is 13.2. The smallest absolute Gasteiger partial charge is 0.295 e. The quantitative estimate of drug-likeness (QED) is 0.200. The number of rotatable bonds is 5. The minimum Gasteiger partial charge on any atom is -0.507 e. The Morgan fingerprint density at radius 1 is 0.969 bits per heavy atom. The highest BCUT2D eigenvalue weighted by atomic mass is 127. The number of carbonyl (C=O) groups excluding carboxylic acids is 2. The van der Waals surface area contributed by atoms with Gasteiger partial charge in [-0.25, -0.2) is 0 Å². The molecule has 1 fully saturated rings. The number of ketones is 1. The molecule has 0 aliphatic carbocycles. The lowest BCUT2D eigenvalue weighted by atomic mass is 9.93. The second-order valence-electron chi connectivity index (χ2n) is 8.10. The third kappa shape index (κ3) is 4.35. The fraction of sp³-hybridized carbons (Fsp3) is 0.185. The number of hydrogen-bond donors (Lipinski definition) is 1. The number of Topliss-reactive ketones (excluding diaryl/α,β-unsaturated/α-hetero) is 1. The van der Waals surface area contributed by atoms with Gasteiger partial charge >= 0.3 is 0 Å². The van der Waals surface area contributed by atoms with Crippen LogP contribution in [0.25, 0.3) is 5.76 Å². The van der Waals surface area contributed by atoms with E-state index in [2.05, 4.69) is 22.6 Å². The number of aliphatic hydroxyl groups is 1. The van der Waals surface area contributed by atoms with Crippen LogP contribution in [0.15, 0.2) is 78.4 Å². The van der Waals surface area contributed by atoms with Gasteiger partial charge in [-0.05, 0) is 77.7 Å². The van der Waals surface area contributed by atoms with Crippen LogP contribution in [-0.4, -0.2) is 28.2 Å². The molecule has 0 bridgehead atoms. The van der Waals surface area contributed by atoms with Gasteiger partial charge in [0.2, 0.25) is 0 Å². The van der Waals surface area contributed by atoms with E-state index >= 15 is 0 Å². The highest BCUT2D eigenvalue weighted by Gasteiger charge is 2.45. The van der Waals surface area contributed by atoms with E-state index in [1.54, 1.807) is 4.90 Å². The van der Waals surface area contributed by atoms with E-state index in [0.29, 0.717) is 18.5 Å². The first-order valence-corrected chi connectivity index (χ1v) is 11.6. The van der Waals surface area contributed by atoms with Crippen molar-refractivity contribution in [3.05, 3.63) is 110 Å². The number of aliphatic hydroxyl groups excluding tert-OH is 1. The van der Waals surface area contributed by atoms with Gasteiger partial charge in [0.1, 0.15) is 5.76 Å². The van der Waals surface area contributed by atoms with E-state index in [1.165, 1.54) is 0 Å². The van der Waals surface area contributed by atoms with Gasteiger partial charge in [-0.3, -0.25) is 9.59 Å². The highest BCUT2D eigenvalue weighted by Crippen LogP contribution is 2.40. The van der Waals surface area contributed by atoms with E-state index in [9.17, 15) is 14.7 Å². The monoisotopic (exact) mass is 537 g/mol. The lowest BCUT2D eigenvalue weighted by molar-refractivity contribution is -0.139. The Labute approximate surface area is 201 Å². The summed E-state index contributed by atoms with van der Waals surface area (Å²) in [5.74, 6) is -1.33. The van der Waals surface area contributed by atoms with Crippen molar-refractivity contribution in [1.29, 1.82) is 0 Å². The molecule has 0 saturated carbocycles. The van der Waals surface area contributed by atoms with Crippen LogP contribution in [-0.2, 0) is 16.0 Å².